The van der Waals surface area contributed by atoms with Gasteiger partial charge < -0.3 is 9.42 Å². The average Bonchev–Trinajstić information content (AvgIpc) is 3.30. The summed E-state index contributed by atoms with van der Waals surface area (Å²) >= 11 is 6.44. The minimum atomic E-state index is -0.490. The van der Waals surface area contributed by atoms with Gasteiger partial charge in [-0.15, -0.1) is 0 Å². The van der Waals surface area contributed by atoms with E-state index >= 15 is 0 Å². The van der Waals surface area contributed by atoms with Gasteiger partial charge in [0.15, 0.2) is 0 Å². The lowest BCUT2D eigenvalue weighted by atomic mass is 10.1. The van der Waals surface area contributed by atoms with Crippen LogP contribution >= 0.6 is 11.6 Å². The Morgan fingerprint density at radius 2 is 2.00 bits per heavy atom. The zero-order valence-corrected chi connectivity index (χ0v) is 17.2. The largest absolute Gasteiger partial charge is 0.337 e. The van der Waals surface area contributed by atoms with Gasteiger partial charge in [0.05, 0.1) is 30.0 Å². The Bertz CT molecular complexity index is 1120. The number of fused-ring (bicyclic) bond motifs is 3. The summed E-state index contributed by atoms with van der Waals surface area (Å²) in [7, 11) is 1.65. The van der Waals surface area contributed by atoms with E-state index in [-0.39, 0.29) is 23.3 Å². The molecular formula is C20H20ClFN6O2. The standard InChI is InChI=1S/C20H20ClFN6O2/c1-26-10-15-17(18-23-16(30-25-18)11-27-7-3-2-4-8-27)24-20(21)28(15)14-6-5-12(22)9-13(14)19(26)29/h5-6,9H,2-4,7-8,10-11H2,1H3. The predicted molar refractivity (Wildman–Crippen MR) is 107 cm³/mol. The van der Waals surface area contributed by atoms with E-state index in [0.29, 0.717) is 35.3 Å². The van der Waals surface area contributed by atoms with Crippen LogP contribution in [0.3, 0.4) is 0 Å². The van der Waals surface area contributed by atoms with Gasteiger partial charge in [-0.2, -0.15) is 4.98 Å². The molecule has 0 radical (unpaired) electrons. The van der Waals surface area contributed by atoms with Gasteiger partial charge in [0, 0.05) is 7.05 Å². The van der Waals surface area contributed by atoms with Gasteiger partial charge in [0.2, 0.25) is 17.0 Å². The van der Waals surface area contributed by atoms with Crippen molar-refractivity contribution in [3.8, 4) is 17.2 Å². The second-order valence-corrected chi connectivity index (χ2v) is 8.02. The summed E-state index contributed by atoms with van der Waals surface area (Å²) in [6, 6.07) is 4.03. The van der Waals surface area contributed by atoms with Crippen LogP contribution in [-0.2, 0) is 13.1 Å². The molecule has 0 spiro atoms. The summed E-state index contributed by atoms with van der Waals surface area (Å²) in [6.07, 6.45) is 3.60. The molecule has 0 atom stereocenters. The van der Waals surface area contributed by atoms with E-state index in [1.165, 1.54) is 42.4 Å². The molecular weight excluding hydrogens is 411 g/mol. The second-order valence-electron chi connectivity index (χ2n) is 7.68. The van der Waals surface area contributed by atoms with Crippen molar-refractivity contribution >= 4 is 17.5 Å². The Kier molecular flexibility index (Phi) is 4.79. The molecule has 2 aliphatic rings. The first-order chi connectivity index (χ1) is 14.5. The monoisotopic (exact) mass is 430 g/mol. The maximum atomic E-state index is 13.8. The fourth-order valence-corrected chi connectivity index (χ4v) is 4.37. The van der Waals surface area contributed by atoms with E-state index in [4.69, 9.17) is 16.1 Å². The number of nitrogens with zero attached hydrogens (tertiary/aromatic N) is 6. The highest BCUT2D eigenvalue weighted by molar-refractivity contribution is 6.29. The fraction of sp³-hybridized carbons (Fsp3) is 0.400. The number of halogens is 2. The van der Waals surface area contributed by atoms with E-state index in [2.05, 4.69) is 20.0 Å². The Hall–Kier alpha value is -2.78. The Morgan fingerprint density at radius 3 is 2.80 bits per heavy atom. The smallest absolute Gasteiger partial charge is 0.256 e. The van der Waals surface area contributed by atoms with E-state index in [1.54, 1.807) is 11.6 Å². The van der Waals surface area contributed by atoms with E-state index in [9.17, 15) is 9.18 Å². The van der Waals surface area contributed by atoms with Gasteiger partial charge >= 0.3 is 0 Å². The molecule has 4 heterocycles. The first kappa shape index (κ1) is 19.2. The molecule has 0 unspecified atom stereocenters. The molecule has 30 heavy (non-hydrogen) atoms. The van der Waals surface area contributed by atoms with Crippen molar-refractivity contribution in [2.45, 2.75) is 32.4 Å². The summed E-state index contributed by atoms with van der Waals surface area (Å²) in [5.41, 5.74) is 1.79. The number of benzene rings is 1. The van der Waals surface area contributed by atoms with Crippen molar-refractivity contribution in [2.75, 3.05) is 20.1 Å². The van der Waals surface area contributed by atoms with Gasteiger partial charge in [-0.25, -0.2) is 9.37 Å². The molecule has 1 saturated heterocycles. The maximum absolute atomic E-state index is 13.8. The molecule has 0 aliphatic carbocycles. The van der Waals surface area contributed by atoms with Crippen LogP contribution in [0.2, 0.25) is 5.28 Å². The molecule has 0 bridgehead atoms. The first-order valence-electron chi connectivity index (χ1n) is 9.89. The summed E-state index contributed by atoms with van der Waals surface area (Å²) in [4.78, 5) is 25.5. The van der Waals surface area contributed by atoms with Crippen LogP contribution < -0.4 is 0 Å². The minimum absolute atomic E-state index is 0.151. The van der Waals surface area contributed by atoms with Crippen LogP contribution in [0.5, 0.6) is 0 Å². The van der Waals surface area contributed by atoms with Crippen molar-refractivity contribution in [3.63, 3.8) is 0 Å². The summed E-state index contributed by atoms with van der Waals surface area (Å²) in [5.74, 6) is 0.0550. The number of imidazole rings is 1. The number of hydrogen-bond acceptors (Lipinski definition) is 6. The summed E-state index contributed by atoms with van der Waals surface area (Å²) < 4.78 is 20.9. The normalized spacial score (nSPS) is 17.0. The average molecular weight is 431 g/mol. The zero-order valence-electron chi connectivity index (χ0n) is 16.4. The third kappa shape index (κ3) is 3.27. The summed E-state index contributed by atoms with van der Waals surface area (Å²) in [5, 5.41) is 4.26. The molecule has 1 aromatic carbocycles. The van der Waals surface area contributed by atoms with Gasteiger partial charge in [-0.3, -0.25) is 14.3 Å². The molecule has 5 rings (SSSR count). The number of piperidine rings is 1. The van der Waals surface area contributed by atoms with Crippen molar-refractivity contribution in [2.24, 2.45) is 0 Å². The molecule has 2 aromatic heterocycles. The number of carbonyl (C=O) groups is 1. The van der Waals surface area contributed by atoms with Crippen LogP contribution in [0.4, 0.5) is 4.39 Å². The molecule has 2 aliphatic heterocycles. The SMILES string of the molecule is CN1Cc2c(-c3noc(CN4CCCCC4)n3)nc(Cl)n2-c2ccc(F)cc2C1=O. The van der Waals surface area contributed by atoms with E-state index < -0.39 is 5.82 Å². The molecule has 156 valence electrons. The van der Waals surface area contributed by atoms with Crippen LogP contribution in [0.15, 0.2) is 22.7 Å². The van der Waals surface area contributed by atoms with Gasteiger partial charge in [-0.1, -0.05) is 11.6 Å². The minimum Gasteiger partial charge on any atom is -0.337 e. The Morgan fingerprint density at radius 1 is 1.20 bits per heavy atom. The van der Waals surface area contributed by atoms with Crippen LogP contribution in [0.25, 0.3) is 17.2 Å². The molecule has 3 aromatic rings. The number of carbonyl (C=O) groups excluding carboxylic acids is 1. The predicted octanol–water partition coefficient (Wildman–Crippen LogP) is 3.29. The third-order valence-electron chi connectivity index (χ3n) is 5.58. The maximum Gasteiger partial charge on any atom is 0.256 e. The van der Waals surface area contributed by atoms with E-state index in [1.807, 2.05) is 0 Å². The number of rotatable bonds is 3. The Balaban J connectivity index is 1.55. The highest BCUT2D eigenvalue weighted by atomic mass is 35.5. The van der Waals surface area contributed by atoms with E-state index in [0.717, 1.165) is 13.1 Å². The molecule has 0 N–H and O–H groups in total. The second kappa shape index (κ2) is 7.48. The third-order valence-corrected chi connectivity index (χ3v) is 5.84. The number of hydrogen-bond donors (Lipinski definition) is 0. The quantitative estimate of drug-likeness (QED) is 0.634. The lowest BCUT2D eigenvalue weighted by Gasteiger charge is -2.24. The molecule has 0 saturated carbocycles. The topological polar surface area (TPSA) is 80.3 Å². The van der Waals surface area contributed by atoms with Gasteiger partial charge in [0.1, 0.15) is 11.5 Å². The number of likely N-dealkylation sites (tertiary alicyclic amines) is 1. The summed E-state index contributed by atoms with van der Waals surface area (Å²) in [6.45, 7) is 2.85. The van der Waals surface area contributed by atoms with Crippen LogP contribution in [0, 0.1) is 5.82 Å². The fourth-order valence-electron chi connectivity index (χ4n) is 4.09. The number of amides is 1. The zero-order chi connectivity index (χ0) is 20.8. The number of aromatic nitrogens is 4. The van der Waals surface area contributed by atoms with Crippen molar-refractivity contribution in [1.29, 1.82) is 0 Å². The highest BCUT2D eigenvalue weighted by Gasteiger charge is 2.31. The van der Waals surface area contributed by atoms with Gasteiger partial charge in [-0.05, 0) is 55.7 Å². The lowest BCUT2D eigenvalue weighted by Crippen LogP contribution is -2.29. The molecule has 1 fully saturated rings. The van der Waals surface area contributed by atoms with Crippen molar-refractivity contribution in [1.82, 2.24) is 29.5 Å². The highest BCUT2D eigenvalue weighted by Crippen LogP contribution is 2.33. The van der Waals surface area contributed by atoms with Crippen molar-refractivity contribution < 1.29 is 13.7 Å². The van der Waals surface area contributed by atoms with Crippen LogP contribution in [0.1, 0.15) is 41.2 Å². The molecule has 8 nitrogen and oxygen atoms in total. The van der Waals surface area contributed by atoms with Gasteiger partial charge in [0.25, 0.3) is 5.91 Å². The van der Waals surface area contributed by atoms with Crippen LogP contribution in [-0.4, -0.2) is 55.5 Å². The molecule has 1 amide bonds. The first-order valence-corrected chi connectivity index (χ1v) is 10.3. The van der Waals surface area contributed by atoms with Crippen molar-refractivity contribution in [3.05, 3.63) is 46.4 Å². The molecule has 10 heteroatoms. The lowest BCUT2D eigenvalue weighted by molar-refractivity contribution is 0.0787. The Labute approximate surface area is 177 Å².